The standard InChI is InChI=1S/C14H12N4O2S/c1-2-4-11-7-6-10(9-15)13(17-11)21-14-12(18(19)20)5-3-8-16-14/h3,5-8H,2,4H2,1H3. The second-order valence-electron chi connectivity index (χ2n) is 4.20. The smallest absolute Gasteiger partial charge is 0.258 e. The summed E-state index contributed by atoms with van der Waals surface area (Å²) in [6, 6.07) is 8.44. The number of pyridine rings is 2. The van der Waals surface area contributed by atoms with Crippen LogP contribution in [0.5, 0.6) is 0 Å². The molecule has 0 N–H and O–H groups in total. The van der Waals surface area contributed by atoms with Gasteiger partial charge in [0.15, 0.2) is 5.03 Å². The van der Waals surface area contributed by atoms with E-state index in [9.17, 15) is 10.1 Å². The van der Waals surface area contributed by atoms with Gasteiger partial charge in [-0.15, -0.1) is 0 Å². The van der Waals surface area contributed by atoms with Gasteiger partial charge in [-0.2, -0.15) is 5.26 Å². The van der Waals surface area contributed by atoms with Gasteiger partial charge in [-0.1, -0.05) is 13.3 Å². The van der Waals surface area contributed by atoms with Crippen molar-refractivity contribution in [2.45, 2.75) is 29.8 Å². The fourth-order valence-electron chi connectivity index (χ4n) is 1.73. The van der Waals surface area contributed by atoms with Gasteiger partial charge in [-0.3, -0.25) is 10.1 Å². The van der Waals surface area contributed by atoms with E-state index >= 15 is 0 Å². The van der Waals surface area contributed by atoms with Crippen LogP contribution in [0.25, 0.3) is 0 Å². The van der Waals surface area contributed by atoms with Crippen molar-refractivity contribution >= 4 is 17.4 Å². The van der Waals surface area contributed by atoms with Crippen molar-refractivity contribution in [3.8, 4) is 6.07 Å². The van der Waals surface area contributed by atoms with Gasteiger partial charge in [0, 0.05) is 18.0 Å². The van der Waals surface area contributed by atoms with Gasteiger partial charge in [0.2, 0.25) is 0 Å². The number of nitriles is 1. The van der Waals surface area contributed by atoms with Crippen molar-refractivity contribution in [3.63, 3.8) is 0 Å². The Morgan fingerprint density at radius 2 is 2.19 bits per heavy atom. The van der Waals surface area contributed by atoms with Crippen LogP contribution in [0.3, 0.4) is 0 Å². The molecule has 2 heterocycles. The molecule has 2 rings (SSSR count). The molecular weight excluding hydrogens is 288 g/mol. The summed E-state index contributed by atoms with van der Waals surface area (Å²) in [5, 5.41) is 20.8. The van der Waals surface area contributed by atoms with Crippen LogP contribution in [0.2, 0.25) is 0 Å². The Morgan fingerprint density at radius 3 is 2.86 bits per heavy atom. The van der Waals surface area contributed by atoms with Crippen molar-refractivity contribution < 1.29 is 4.92 Å². The third kappa shape index (κ3) is 3.55. The Labute approximate surface area is 126 Å². The van der Waals surface area contributed by atoms with Gasteiger partial charge in [0.05, 0.1) is 10.5 Å². The zero-order valence-corrected chi connectivity index (χ0v) is 12.1. The van der Waals surface area contributed by atoms with Crippen molar-refractivity contribution in [3.05, 3.63) is 51.8 Å². The first-order valence-corrected chi connectivity index (χ1v) is 7.14. The summed E-state index contributed by atoms with van der Waals surface area (Å²) in [5.74, 6) is 0. The van der Waals surface area contributed by atoms with E-state index in [2.05, 4.69) is 16.0 Å². The van der Waals surface area contributed by atoms with E-state index in [0.29, 0.717) is 10.6 Å². The van der Waals surface area contributed by atoms with Gasteiger partial charge >= 0.3 is 5.69 Å². The van der Waals surface area contributed by atoms with Crippen LogP contribution in [0, 0.1) is 21.4 Å². The van der Waals surface area contributed by atoms with Gasteiger partial charge in [0.25, 0.3) is 0 Å². The molecule has 0 aromatic carbocycles. The normalized spacial score (nSPS) is 10.1. The van der Waals surface area contributed by atoms with E-state index < -0.39 is 4.92 Å². The summed E-state index contributed by atoms with van der Waals surface area (Å²) in [4.78, 5) is 18.9. The van der Waals surface area contributed by atoms with Crippen LogP contribution < -0.4 is 0 Å². The fraction of sp³-hybridized carbons (Fsp3) is 0.214. The maximum Gasteiger partial charge on any atom is 0.301 e. The first-order valence-electron chi connectivity index (χ1n) is 6.33. The average Bonchev–Trinajstić information content (AvgIpc) is 2.48. The Bertz CT molecular complexity index is 712. The lowest BCUT2D eigenvalue weighted by Crippen LogP contribution is -1.97. The lowest BCUT2D eigenvalue weighted by atomic mass is 10.2. The number of hydrogen-bond donors (Lipinski definition) is 0. The molecule has 2 aromatic rings. The summed E-state index contributed by atoms with van der Waals surface area (Å²) in [6.07, 6.45) is 3.22. The van der Waals surface area contributed by atoms with Crippen LogP contribution in [0.1, 0.15) is 24.6 Å². The van der Waals surface area contributed by atoms with Crippen molar-refractivity contribution in [2.75, 3.05) is 0 Å². The largest absolute Gasteiger partial charge is 0.301 e. The lowest BCUT2D eigenvalue weighted by Gasteiger charge is -2.05. The minimum atomic E-state index is -0.489. The molecule has 0 aliphatic carbocycles. The highest BCUT2D eigenvalue weighted by atomic mass is 32.2. The molecule has 0 spiro atoms. The van der Waals surface area contributed by atoms with E-state index in [1.807, 2.05) is 6.92 Å². The number of nitro groups is 1. The molecular formula is C14H12N4O2S. The molecule has 0 aliphatic rings. The summed E-state index contributed by atoms with van der Waals surface area (Å²) < 4.78 is 0. The summed E-state index contributed by atoms with van der Waals surface area (Å²) >= 11 is 1.05. The predicted octanol–water partition coefficient (Wildman–Crippen LogP) is 3.36. The first kappa shape index (κ1) is 14.9. The molecule has 2 aromatic heterocycles. The summed E-state index contributed by atoms with van der Waals surface area (Å²) in [7, 11) is 0. The second kappa shape index (κ2) is 6.81. The Hall–Kier alpha value is -2.46. The van der Waals surface area contributed by atoms with Crippen molar-refractivity contribution in [1.82, 2.24) is 9.97 Å². The third-order valence-electron chi connectivity index (χ3n) is 2.69. The topological polar surface area (TPSA) is 92.7 Å². The fourth-order valence-corrected chi connectivity index (χ4v) is 2.66. The van der Waals surface area contributed by atoms with E-state index in [-0.39, 0.29) is 10.7 Å². The van der Waals surface area contributed by atoms with E-state index in [1.165, 1.54) is 18.3 Å². The van der Waals surface area contributed by atoms with Crippen LogP contribution in [-0.2, 0) is 6.42 Å². The zero-order valence-electron chi connectivity index (χ0n) is 11.3. The number of nitrogens with zero attached hydrogens (tertiary/aromatic N) is 4. The highest BCUT2D eigenvalue weighted by Crippen LogP contribution is 2.33. The second-order valence-corrected chi connectivity index (χ2v) is 5.18. The van der Waals surface area contributed by atoms with Crippen LogP contribution >= 0.6 is 11.8 Å². The maximum absolute atomic E-state index is 11.0. The number of rotatable bonds is 5. The van der Waals surface area contributed by atoms with Crippen LogP contribution in [0.15, 0.2) is 40.5 Å². The lowest BCUT2D eigenvalue weighted by molar-refractivity contribution is -0.388. The van der Waals surface area contributed by atoms with Crippen molar-refractivity contribution in [1.29, 1.82) is 5.26 Å². The van der Waals surface area contributed by atoms with Crippen LogP contribution in [-0.4, -0.2) is 14.9 Å². The minimum Gasteiger partial charge on any atom is -0.258 e. The Balaban J connectivity index is 2.41. The number of hydrogen-bond acceptors (Lipinski definition) is 6. The number of aryl methyl sites for hydroxylation is 1. The monoisotopic (exact) mass is 300 g/mol. The number of aromatic nitrogens is 2. The highest BCUT2D eigenvalue weighted by molar-refractivity contribution is 7.99. The maximum atomic E-state index is 11.0. The predicted molar refractivity (Wildman–Crippen MR) is 78.0 cm³/mol. The molecule has 0 radical (unpaired) electrons. The quantitative estimate of drug-likeness (QED) is 0.621. The minimum absolute atomic E-state index is 0.0888. The van der Waals surface area contributed by atoms with Gasteiger partial charge in [-0.05, 0) is 36.4 Å². The summed E-state index contributed by atoms with van der Waals surface area (Å²) in [6.45, 7) is 2.04. The van der Waals surface area contributed by atoms with E-state index in [0.717, 1.165) is 30.3 Å². The molecule has 0 unspecified atom stereocenters. The molecule has 0 aliphatic heterocycles. The zero-order chi connectivity index (χ0) is 15.2. The third-order valence-corrected chi connectivity index (χ3v) is 3.70. The average molecular weight is 300 g/mol. The van der Waals surface area contributed by atoms with Crippen LogP contribution in [0.4, 0.5) is 5.69 Å². The highest BCUT2D eigenvalue weighted by Gasteiger charge is 2.18. The molecule has 0 amide bonds. The Kier molecular flexibility index (Phi) is 4.85. The van der Waals surface area contributed by atoms with E-state index in [4.69, 9.17) is 5.26 Å². The SMILES string of the molecule is CCCc1ccc(C#N)c(Sc2ncccc2[N+](=O)[O-])n1. The molecule has 0 bridgehead atoms. The molecule has 6 nitrogen and oxygen atoms in total. The first-order chi connectivity index (χ1) is 10.2. The molecule has 7 heteroatoms. The van der Waals surface area contributed by atoms with E-state index in [1.54, 1.807) is 12.1 Å². The van der Waals surface area contributed by atoms with Gasteiger partial charge < -0.3 is 0 Å². The molecule has 21 heavy (non-hydrogen) atoms. The molecule has 106 valence electrons. The Morgan fingerprint density at radius 1 is 1.38 bits per heavy atom. The molecule has 0 fully saturated rings. The molecule has 0 saturated heterocycles. The summed E-state index contributed by atoms with van der Waals surface area (Å²) in [5.41, 5.74) is 1.16. The van der Waals surface area contributed by atoms with Gasteiger partial charge in [0.1, 0.15) is 11.1 Å². The van der Waals surface area contributed by atoms with Gasteiger partial charge in [-0.25, -0.2) is 9.97 Å². The van der Waals surface area contributed by atoms with Crippen molar-refractivity contribution in [2.24, 2.45) is 0 Å². The molecule has 0 saturated carbocycles. The molecule has 0 atom stereocenters.